The molecule has 3 heterocycles. The number of quaternary nitrogens is 1. The summed E-state index contributed by atoms with van der Waals surface area (Å²) < 4.78 is 70.1. The lowest BCUT2D eigenvalue weighted by molar-refractivity contribution is -0.122. The Morgan fingerprint density at radius 2 is 1.93 bits per heavy atom. The van der Waals surface area contributed by atoms with Gasteiger partial charge >= 0.3 is 16.0 Å². The number of rotatable bonds is 3. The third-order valence-electron chi connectivity index (χ3n) is 4.76. The number of carbonyl (C=O) groups is 1. The van der Waals surface area contributed by atoms with Crippen LogP contribution < -0.4 is 4.48 Å². The predicted octanol–water partition coefficient (Wildman–Crippen LogP) is 0.875. The molecule has 0 radical (unpaired) electrons. The van der Waals surface area contributed by atoms with E-state index in [-0.39, 0.29) is 28.2 Å². The lowest BCUT2D eigenvalue weighted by Crippen LogP contribution is -2.67. The van der Waals surface area contributed by atoms with E-state index >= 15 is 0 Å². The van der Waals surface area contributed by atoms with Gasteiger partial charge in [-0.3, -0.25) is 13.9 Å². The highest BCUT2D eigenvalue weighted by Crippen LogP contribution is 2.59. The molecule has 10 nitrogen and oxygen atoms in total. The second-order valence-corrected chi connectivity index (χ2v) is 10.7. The van der Waals surface area contributed by atoms with Gasteiger partial charge in [-0.25, -0.2) is 9.38 Å². The molecule has 3 aliphatic heterocycles. The Morgan fingerprint density at radius 3 is 2.50 bits per heavy atom. The maximum Gasteiger partial charge on any atom is 0.320 e. The number of thiocarbonyl (C=S) groups is 1. The Morgan fingerprint density at radius 1 is 1.25 bits per heavy atom. The number of fused-ring (bicyclic) bond motifs is 2. The van der Waals surface area contributed by atoms with Crippen molar-refractivity contribution >= 4 is 61.0 Å². The summed E-state index contributed by atoms with van der Waals surface area (Å²) >= 11 is 6.00. The minimum Gasteiger partial charge on any atom is -0.418 e. The number of benzene rings is 1. The highest BCUT2D eigenvalue weighted by molar-refractivity contribution is 8.03. The maximum absolute atomic E-state index is 12.8. The van der Waals surface area contributed by atoms with Gasteiger partial charge in [0.25, 0.3) is 21.1 Å². The molecule has 1 aromatic carbocycles. The van der Waals surface area contributed by atoms with Gasteiger partial charge in [0, 0.05) is 6.07 Å². The Labute approximate surface area is 169 Å². The molecule has 2 fully saturated rings. The number of hydrogen-bond acceptors (Lipinski definition) is 8. The molecule has 4 rings (SSSR count). The van der Waals surface area contributed by atoms with Crippen LogP contribution in [0.4, 0.5) is 5.69 Å². The van der Waals surface area contributed by atoms with Gasteiger partial charge in [0.05, 0.1) is 17.9 Å². The van der Waals surface area contributed by atoms with Gasteiger partial charge in [0.1, 0.15) is 0 Å². The first-order valence-electron chi connectivity index (χ1n) is 7.80. The van der Waals surface area contributed by atoms with Crippen LogP contribution in [0.2, 0.25) is 0 Å². The molecule has 14 heteroatoms. The molecule has 28 heavy (non-hydrogen) atoms. The second-order valence-electron chi connectivity index (χ2n) is 6.37. The zero-order valence-electron chi connectivity index (χ0n) is 13.9. The molecule has 2 saturated heterocycles. The predicted molar refractivity (Wildman–Crippen MR) is 103 cm³/mol. The topological polar surface area (TPSA) is 138 Å². The van der Waals surface area contributed by atoms with Gasteiger partial charge < -0.3 is 4.74 Å². The maximum atomic E-state index is 12.8. The molecule has 0 saturated carbocycles. The van der Waals surface area contributed by atoms with Gasteiger partial charge in [-0.05, 0) is 30.0 Å². The highest BCUT2D eigenvalue weighted by atomic mass is 32.2. The van der Waals surface area contributed by atoms with Crippen LogP contribution in [0.5, 0.6) is 0 Å². The molecule has 1 amide bonds. The molecule has 2 N–H and O–H groups in total. The summed E-state index contributed by atoms with van der Waals surface area (Å²) in [6.07, 6.45) is 0.165. The first kappa shape index (κ1) is 19.8. The van der Waals surface area contributed by atoms with E-state index in [0.29, 0.717) is 15.5 Å². The van der Waals surface area contributed by atoms with Crippen molar-refractivity contribution in [2.24, 2.45) is 0 Å². The van der Waals surface area contributed by atoms with E-state index < -0.39 is 42.6 Å². The van der Waals surface area contributed by atoms with Gasteiger partial charge in [-0.15, -0.1) is 0 Å². The molecule has 0 bridgehead atoms. The second kappa shape index (κ2) is 6.22. The van der Waals surface area contributed by atoms with Gasteiger partial charge in [-0.1, -0.05) is 12.1 Å². The van der Waals surface area contributed by atoms with Crippen LogP contribution in [0.1, 0.15) is 6.42 Å². The number of para-hydroxylation sites is 1. The Balaban J connectivity index is 1.88. The molecule has 1 spiro atoms. The van der Waals surface area contributed by atoms with E-state index in [2.05, 4.69) is 0 Å². The first-order chi connectivity index (χ1) is 12.9. The Kier molecular flexibility index (Phi) is 4.39. The van der Waals surface area contributed by atoms with Crippen LogP contribution in [-0.4, -0.2) is 59.7 Å². The normalized spacial score (nSPS) is 29.8. The fourth-order valence-electron chi connectivity index (χ4n) is 3.57. The Hall–Kier alpha value is -1.55. The van der Waals surface area contributed by atoms with Crippen molar-refractivity contribution < 1.29 is 35.5 Å². The third kappa shape index (κ3) is 2.87. The zero-order valence-corrected chi connectivity index (χ0v) is 17.1. The van der Waals surface area contributed by atoms with Crippen LogP contribution in [-0.2, 0) is 29.8 Å². The van der Waals surface area contributed by atoms with Gasteiger partial charge in [0.15, 0.2) is 11.6 Å². The number of nitrogens with zero attached hydrogens (tertiary/aromatic N) is 2. The molecule has 3 aliphatic rings. The fraction of sp³-hybridized carbons (Fsp3) is 0.286. The molecule has 1 aromatic rings. The summed E-state index contributed by atoms with van der Waals surface area (Å²) in [5, 5.41) is -1.50. The van der Waals surface area contributed by atoms with E-state index in [1.807, 2.05) is 0 Å². The first-order valence-corrected chi connectivity index (χ1v) is 12.1. The van der Waals surface area contributed by atoms with E-state index in [9.17, 15) is 26.2 Å². The average molecular weight is 466 g/mol. The van der Waals surface area contributed by atoms with Crippen LogP contribution in [0.25, 0.3) is 0 Å². The summed E-state index contributed by atoms with van der Waals surface area (Å²) in [5.74, 6) is -2.31. The van der Waals surface area contributed by atoms with Crippen molar-refractivity contribution in [2.45, 2.75) is 16.7 Å². The van der Waals surface area contributed by atoms with E-state index in [0.717, 1.165) is 11.8 Å². The molecule has 0 aliphatic carbocycles. The number of carbonyl (C=O) groups excluding carboxylic acids is 1. The fourth-order valence-corrected chi connectivity index (χ4v) is 7.09. The molecule has 0 aromatic heterocycles. The van der Waals surface area contributed by atoms with Gasteiger partial charge in [-0.2, -0.15) is 16.8 Å². The monoisotopic (exact) mass is 465 g/mol. The molecular weight excluding hydrogens is 452 g/mol. The smallest absolute Gasteiger partial charge is 0.320 e. The van der Waals surface area contributed by atoms with Crippen molar-refractivity contribution in [2.75, 3.05) is 12.4 Å². The summed E-state index contributed by atoms with van der Waals surface area (Å²) in [6.45, 7) is 0.287. The van der Waals surface area contributed by atoms with Crippen molar-refractivity contribution in [3.63, 3.8) is 0 Å². The average Bonchev–Trinajstić information content (AvgIpc) is 3.02. The third-order valence-corrected chi connectivity index (χ3v) is 8.21. The quantitative estimate of drug-likeness (QED) is 0.286. The van der Waals surface area contributed by atoms with E-state index in [4.69, 9.17) is 21.5 Å². The van der Waals surface area contributed by atoms with E-state index in [1.165, 1.54) is 0 Å². The summed E-state index contributed by atoms with van der Waals surface area (Å²) in [6, 6.07) is 6.88. The zero-order chi connectivity index (χ0) is 20.5. The van der Waals surface area contributed by atoms with Gasteiger partial charge in [0.2, 0.25) is 10.4 Å². The van der Waals surface area contributed by atoms with Crippen molar-refractivity contribution in [1.29, 1.82) is 0 Å². The Bertz CT molecular complexity index is 1160. The van der Waals surface area contributed by atoms with Crippen LogP contribution in [0.15, 0.2) is 39.9 Å². The van der Waals surface area contributed by atoms with Crippen molar-refractivity contribution in [1.82, 2.24) is 9.38 Å². The molecule has 2 atom stereocenters. The number of amides is 1. The molecular formula is C14H13N2O8S4+. The largest absolute Gasteiger partial charge is 0.418 e. The number of ether oxygens (including phenoxy) is 1. The summed E-state index contributed by atoms with van der Waals surface area (Å²) in [5.41, 5.74) is 0.583. The molecule has 150 valence electrons. The van der Waals surface area contributed by atoms with Crippen molar-refractivity contribution in [3.8, 4) is 0 Å². The summed E-state index contributed by atoms with van der Waals surface area (Å²) in [4.78, 5) is 14.0. The van der Waals surface area contributed by atoms with Crippen molar-refractivity contribution in [3.05, 3.63) is 35.1 Å². The lowest BCUT2D eigenvalue weighted by Gasteiger charge is -2.46. The standard InChI is InChI=1S/C14H12N2O8S4/c17-12-11(24-14(25)15(12)7-27(18,19)20)13-16(6-5-10(16)28(21,22)23)8-3-1-2-4-9(8)26-13/h1-4,10H,5-7H2,(H-,18,19,20,21,22,23)/p+1/b13-11-. The minimum atomic E-state index is -4.56. The van der Waals surface area contributed by atoms with Crippen LogP contribution in [0.3, 0.4) is 0 Å². The van der Waals surface area contributed by atoms with Crippen LogP contribution >= 0.6 is 24.0 Å². The molecule has 2 unspecified atom stereocenters. The van der Waals surface area contributed by atoms with E-state index in [1.54, 1.807) is 24.3 Å². The summed E-state index contributed by atoms with van der Waals surface area (Å²) in [7, 11) is -9.02. The van der Waals surface area contributed by atoms with Crippen LogP contribution in [0, 0.1) is 0 Å². The number of hydrogen-bond donors (Lipinski definition) is 2. The SMILES string of the molecule is O=C1/C(=C2/Sc3ccccc3[N+]23CCC3S(=O)(=O)O)OC(=S)N1CS(=O)(=O)O. The number of thioether (sulfide) groups is 1. The highest BCUT2D eigenvalue weighted by Gasteiger charge is 2.64. The minimum absolute atomic E-state index is 0.165. The lowest BCUT2D eigenvalue weighted by atomic mass is 10.1.